The Balaban J connectivity index is 2.16. The predicted molar refractivity (Wildman–Crippen MR) is 73.3 cm³/mol. The number of nitrogen functional groups attached to an aromatic ring is 1. The molecule has 0 saturated carbocycles. The van der Waals surface area contributed by atoms with E-state index in [9.17, 15) is 0 Å². The fourth-order valence-corrected chi connectivity index (χ4v) is 2.02. The number of nitrogens with one attached hydrogen (secondary N) is 1. The molecule has 0 aliphatic rings. The summed E-state index contributed by atoms with van der Waals surface area (Å²) in [4.78, 5) is 10.9. The molecule has 0 fully saturated rings. The standard InChI is InChI=1S/C12H22N4S/c1-2-3-4-5-6-7-8-9-10-14-11(13)16-12(17)15-10/h2-9H2,1H3,(H3,13,14,15,16,17). The summed E-state index contributed by atoms with van der Waals surface area (Å²) in [6.45, 7) is 2.24. The largest absolute Gasteiger partial charge is 0.369 e. The van der Waals surface area contributed by atoms with Crippen LogP contribution in [-0.4, -0.2) is 15.0 Å². The monoisotopic (exact) mass is 254 g/mol. The molecule has 1 aromatic heterocycles. The van der Waals surface area contributed by atoms with Crippen LogP contribution in [0.1, 0.15) is 57.7 Å². The minimum absolute atomic E-state index is 0.333. The van der Waals surface area contributed by atoms with Crippen molar-refractivity contribution < 1.29 is 0 Å². The highest BCUT2D eigenvalue weighted by atomic mass is 32.1. The highest BCUT2D eigenvalue weighted by Gasteiger charge is 1.98. The molecule has 0 spiro atoms. The SMILES string of the molecule is CCCCCCCCCc1nc(=S)nc(N)[nH]1. The number of unbranched alkanes of at least 4 members (excludes halogenated alkanes) is 6. The number of H-pyrrole nitrogens is 1. The van der Waals surface area contributed by atoms with E-state index in [1.54, 1.807) is 0 Å². The first-order valence-electron chi connectivity index (χ1n) is 6.45. The number of hydrogen-bond donors (Lipinski definition) is 2. The van der Waals surface area contributed by atoms with Crippen LogP contribution in [0.4, 0.5) is 5.95 Å². The van der Waals surface area contributed by atoms with Crippen LogP contribution < -0.4 is 5.73 Å². The maximum Gasteiger partial charge on any atom is 0.224 e. The number of aryl methyl sites for hydroxylation is 1. The summed E-state index contributed by atoms with van der Waals surface area (Å²) in [5.41, 5.74) is 5.57. The van der Waals surface area contributed by atoms with E-state index in [1.165, 1.54) is 38.5 Å². The van der Waals surface area contributed by atoms with E-state index in [-0.39, 0.29) is 0 Å². The lowest BCUT2D eigenvalue weighted by Crippen LogP contribution is -2.03. The molecule has 1 rings (SSSR count). The van der Waals surface area contributed by atoms with Gasteiger partial charge in [-0.2, -0.15) is 4.98 Å². The molecule has 0 bridgehead atoms. The fourth-order valence-electron chi connectivity index (χ4n) is 1.82. The van der Waals surface area contributed by atoms with Crippen LogP contribution in [-0.2, 0) is 6.42 Å². The maximum atomic E-state index is 5.57. The molecule has 0 aromatic carbocycles. The van der Waals surface area contributed by atoms with Gasteiger partial charge in [0.1, 0.15) is 5.82 Å². The minimum Gasteiger partial charge on any atom is -0.369 e. The molecule has 1 heterocycles. The van der Waals surface area contributed by atoms with Crippen LogP contribution in [0, 0.1) is 4.77 Å². The topological polar surface area (TPSA) is 67.6 Å². The Morgan fingerprint density at radius 1 is 1.06 bits per heavy atom. The third-order valence-corrected chi connectivity index (χ3v) is 2.92. The summed E-state index contributed by atoms with van der Waals surface area (Å²) in [6, 6.07) is 0. The third-order valence-electron chi connectivity index (χ3n) is 2.74. The van der Waals surface area contributed by atoms with Gasteiger partial charge in [0.05, 0.1) is 0 Å². The van der Waals surface area contributed by atoms with Crippen molar-refractivity contribution in [1.82, 2.24) is 15.0 Å². The number of nitrogens with two attached hydrogens (primary N) is 1. The Kier molecular flexibility index (Phi) is 6.77. The molecule has 4 nitrogen and oxygen atoms in total. The van der Waals surface area contributed by atoms with Crippen LogP contribution >= 0.6 is 12.2 Å². The van der Waals surface area contributed by atoms with Crippen molar-refractivity contribution >= 4 is 18.2 Å². The van der Waals surface area contributed by atoms with Crippen LogP contribution in [0.25, 0.3) is 0 Å². The van der Waals surface area contributed by atoms with Gasteiger partial charge in [0.2, 0.25) is 10.7 Å². The van der Waals surface area contributed by atoms with E-state index >= 15 is 0 Å². The Hall–Kier alpha value is -0.970. The Morgan fingerprint density at radius 3 is 2.35 bits per heavy atom. The van der Waals surface area contributed by atoms with Gasteiger partial charge in [-0.1, -0.05) is 45.4 Å². The Morgan fingerprint density at radius 2 is 1.71 bits per heavy atom. The van der Waals surface area contributed by atoms with E-state index < -0.39 is 0 Å². The zero-order valence-electron chi connectivity index (χ0n) is 10.5. The first-order valence-corrected chi connectivity index (χ1v) is 6.86. The van der Waals surface area contributed by atoms with Crippen LogP contribution in [0.5, 0.6) is 0 Å². The quantitative estimate of drug-likeness (QED) is 0.551. The van der Waals surface area contributed by atoms with Crippen molar-refractivity contribution in [2.24, 2.45) is 0 Å². The van der Waals surface area contributed by atoms with E-state index in [0.29, 0.717) is 10.7 Å². The number of aromatic amines is 1. The normalized spacial score (nSPS) is 10.6. The zero-order valence-corrected chi connectivity index (χ0v) is 11.4. The van der Waals surface area contributed by atoms with E-state index in [1.807, 2.05) is 0 Å². The van der Waals surface area contributed by atoms with Gasteiger partial charge in [-0.25, -0.2) is 4.98 Å². The van der Waals surface area contributed by atoms with Crippen LogP contribution in [0.2, 0.25) is 0 Å². The highest BCUT2D eigenvalue weighted by molar-refractivity contribution is 7.71. The van der Waals surface area contributed by atoms with E-state index in [0.717, 1.165) is 18.7 Å². The van der Waals surface area contributed by atoms with Crippen LogP contribution in [0.3, 0.4) is 0 Å². The molecule has 17 heavy (non-hydrogen) atoms. The summed E-state index contributed by atoms with van der Waals surface area (Å²) >= 11 is 4.91. The van der Waals surface area contributed by atoms with Gasteiger partial charge in [-0.3, -0.25) is 0 Å². The molecule has 1 aromatic rings. The molecule has 3 N–H and O–H groups in total. The second-order valence-electron chi connectivity index (χ2n) is 4.33. The molecular weight excluding hydrogens is 232 g/mol. The fraction of sp³-hybridized carbons (Fsp3) is 0.750. The molecule has 0 saturated heterocycles. The smallest absolute Gasteiger partial charge is 0.224 e. The lowest BCUT2D eigenvalue weighted by molar-refractivity contribution is 0.584. The number of nitrogens with zero attached hydrogens (tertiary/aromatic N) is 2. The molecule has 5 heteroatoms. The predicted octanol–water partition coefficient (Wildman–Crippen LogP) is 3.41. The molecule has 0 unspecified atom stereocenters. The number of rotatable bonds is 8. The molecule has 0 amide bonds. The van der Waals surface area contributed by atoms with Gasteiger partial charge in [0, 0.05) is 6.42 Å². The summed E-state index contributed by atoms with van der Waals surface area (Å²) < 4.78 is 0.333. The van der Waals surface area contributed by atoms with Crippen molar-refractivity contribution in [2.45, 2.75) is 58.3 Å². The molecule has 0 atom stereocenters. The lowest BCUT2D eigenvalue weighted by Gasteiger charge is -2.02. The number of anilines is 1. The van der Waals surface area contributed by atoms with Gasteiger partial charge in [0.15, 0.2) is 0 Å². The summed E-state index contributed by atoms with van der Waals surface area (Å²) in [6.07, 6.45) is 9.95. The van der Waals surface area contributed by atoms with Crippen molar-refractivity contribution in [2.75, 3.05) is 5.73 Å². The average Bonchev–Trinajstić information content (AvgIpc) is 2.26. The lowest BCUT2D eigenvalue weighted by atomic mass is 10.1. The van der Waals surface area contributed by atoms with Crippen LogP contribution in [0.15, 0.2) is 0 Å². The first-order chi connectivity index (χ1) is 8.22. The summed E-state index contributed by atoms with van der Waals surface area (Å²) in [5, 5.41) is 0. The number of aromatic nitrogens is 3. The second kappa shape index (κ2) is 8.17. The van der Waals surface area contributed by atoms with Crippen molar-refractivity contribution in [3.05, 3.63) is 10.6 Å². The van der Waals surface area contributed by atoms with Gasteiger partial charge < -0.3 is 10.7 Å². The van der Waals surface area contributed by atoms with Gasteiger partial charge in [-0.05, 0) is 18.6 Å². The maximum absolute atomic E-state index is 5.57. The molecular formula is C12H22N4S. The van der Waals surface area contributed by atoms with E-state index in [4.69, 9.17) is 18.0 Å². The average molecular weight is 254 g/mol. The molecule has 0 aliphatic carbocycles. The molecule has 0 aliphatic heterocycles. The first kappa shape index (κ1) is 14.1. The Bertz CT molecular complexity index is 375. The summed E-state index contributed by atoms with van der Waals surface area (Å²) in [5.74, 6) is 1.22. The summed E-state index contributed by atoms with van der Waals surface area (Å²) in [7, 11) is 0. The van der Waals surface area contributed by atoms with Gasteiger partial charge >= 0.3 is 0 Å². The minimum atomic E-state index is 0.333. The van der Waals surface area contributed by atoms with Gasteiger partial charge in [0.25, 0.3) is 0 Å². The highest BCUT2D eigenvalue weighted by Crippen LogP contribution is 2.08. The van der Waals surface area contributed by atoms with Gasteiger partial charge in [-0.15, -0.1) is 0 Å². The van der Waals surface area contributed by atoms with Crippen molar-refractivity contribution in [1.29, 1.82) is 0 Å². The third kappa shape index (κ3) is 6.36. The molecule has 0 radical (unpaired) electrons. The molecule has 96 valence electrons. The second-order valence-corrected chi connectivity index (χ2v) is 4.70. The van der Waals surface area contributed by atoms with Crippen molar-refractivity contribution in [3.8, 4) is 0 Å². The Labute approximate surface area is 108 Å². The van der Waals surface area contributed by atoms with Crippen molar-refractivity contribution in [3.63, 3.8) is 0 Å². The van der Waals surface area contributed by atoms with E-state index in [2.05, 4.69) is 21.9 Å². The number of hydrogen-bond acceptors (Lipinski definition) is 4. The zero-order chi connectivity index (χ0) is 12.5.